The van der Waals surface area contributed by atoms with Crippen LogP contribution in [-0.4, -0.2) is 40.5 Å². The third kappa shape index (κ3) is 3.49. The number of hydrogen-bond acceptors (Lipinski definition) is 3. The highest BCUT2D eigenvalue weighted by Crippen LogP contribution is 2.27. The molecule has 0 unspecified atom stereocenters. The van der Waals surface area contributed by atoms with Crippen LogP contribution >= 0.6 is 0 Å². The zero-order chi connectivity index (χ0) is 17.2. The Morgan fingerprint density at radius 3 is 2.84 bits per heavy atom. The Bertz CT molecular complexity index is 818. The van der Waals surface area contributed by atoms with E-state index in [1.807, 2.05) is 0 Å². The Kier molecular flexibility index (Phi) is 4.62. The van der Waals surface area contributed by atoms with Gasteiger partial charge in [-0.25, -0.2) is 4.98 Å². The minimum atomic E-state index is 0.729. The van der Waals surface area contributed by atoms with E-state index in [1.54, 1.807) is 7.11 Å². The van der Waals surface area contributed by atoms with Gasteiger partial charge in [-0.15, -0.1) is 0 Å². The minimum Gasteiger partial charge on any atom is -0.501 e. The molecular formula is C21H27N3O. The number of fused-ring (bicyclic) bond motifs is 1. The lowest BCUT2D eigenvalue weighted by atomic mass is 9.98. The number of likely N-dealkylation sites (tertiary alicyclic amines) is 1. The summed E-state index contributed by atoms with van der Waals surface area (Å²) in [6.07, 6.45) is 14.4. The summed E-state index contributed by atoms with van der Waals surface area (Å²) < 4.78 is 7.50. The van der Waals surface area contributed by atoms with Gasteiger partial charge in [-0.3, -0.25) is 0 Å². The summed E-state index contributed by atoms with van der Waals surface area (Å²) in [4.78, 5) is 7.38. The maximum absolute atomic E-state index is 5.32. The van der Waals surface area contributed by atoms with Gasteiger partial charge < -0.3 is 14.0 Å². The molecular weight excluding hydrogens is 310 g/mol. The van der Waals surface area contributed by atoms with Crippen molar-refractivity contribution in [3.8, 4) is 0 Å². The first-order valence-electron chi connectivity index (χ1n) is 9.39. The van der Waals surface area contributed by atoms with Crippen molar-refractivity contribution in [1.29, 1.82) is 0 Å². The molecule has 4 nitrogen and oxygen atoms in total. The maximum Gasteiger partial charge on any atom is 0.137 e. The van der Waals surface area contributed by atoms with E-state index in [0.717, 1.165) is 43.3 Å². The molecule has 0 spiro atoms. The highest BCUT2D eigenvalue weighted by molar-refractivity contribution is 5.69. The van der Waals surface area contributed by atoms with E-state index in [1.165, 1.54) is 36.2 Å². The molecule has 3 heterocycles. The number of aromatic nitrogens is 2. The van der Waals surface area contributed by atoms with Gasteiger partial charge in [0.25, 0.3) is 0 Å². The van der Waals surface area contributed by atoms with Gasteiger partial charge in [-0.2, -0.15) is 0 Å². The van der Waals surface area contributed by atoms with Crippen LogP contribution in [0.5, 0.6) is 0 Å². The van der Waals surface area contributed by atoms with Gasteiger partial charge in [0.15, 0.2) is 0 Å². The van der Waals surface area contributed by atoms with Crippen molar-refractivity contribution in [3.05, 3.63) is 53.7 Å². The van der Waals surface area contributed by atoms with E-state index in [-0.39, 0.29) is 0 Å². The molecule has 2 aromatic rings. The Hall–Kier alpha value is -2.07. The summed E-state index contributed by atoms with van der Waals surface area (Å²) in [7, 11) is 1.74. The average Bonchev–Trinajstić information content (AvgIpc) is 3.24. The molecule has 2 aliphatic rings. The molecule has 1 aliphatic heterocycles. The number of rotatable bonds is 5. The Morgan fingerprint density at radius 2 is 2.12 bits per heavy atom. The van der Waals surface area contributed by atoms with Crippen molar-refractivity contribution in [2.24, 2.45) is 0 Å². The molecule has 0 bridgehead atoms. The molecule has 0 saturated carbocycles. The van der Waals surface area contributed by atoms with Gasteiger partial charge in [0.1, 0.15) is 5.65 Å². The van der Waals surface area contributed by atoms with Gasteiger partial charge >= 0.3 is 0 Å². The number of nitrogens with zero attached hydrogens (tertiary/aromatic N) is 3. The van der Waals surface area contributed by atoms with Crippen molar-refractivity contribution in [2.45, 2.75) is 45.1 Å². The quantitative estimate of drug-likeness (QED) is 0.824. The highest BCUT2D eigenvalue weighted by atomic mass is 16.5. The highest BCUT2D eigenvalue weighted by Gasteiger charge is 2.19. The number of pyridine rings is 1. The van der Waals surface area contributed by atoms with Crippen LogP contribution in [0.25, 0.3) is 11.2 Å². The van der Waals surface area contributed by atoms with Crippen molar-refractivity contribution in [2.75, 3.05) is 20.2 Å². The van der Waals surface area contributed by atoms with Crippen molar-refractivity contribution >= 4 is 11.2 Å². The molecule has 1 fully saturated rings. The van der Waals surface area contributed by atoms with Gasteiger partial charge in [0.05, 0.1) is 18.6 Å². The first-order chi connectivity index (χ1) is 12.2. The topological polar surface area (TPSA) is 29.8 Å². The second-order valence-electron chi connectivity index (χ2n) is 7.22. The summed E-state index contributed by atoms with van der Waals surface area (Å²) in [6, 6.07) is 5.05. The molecule has 0 radical (unpaired) electrons. The van der Waals surface area contributed by atoms with Crippen molar-refractivity contribution < 1.29 is 4.74 Å². The lowest BCUT2D eigenvalue weighted by Gasteiger charge is -2.19. The van der Waals surface area contributed by atoms with Crippen LogP contribution in [0, 0.1) is 0 Å². The summed E-state index contributed by atoms with van der Waals surface area (Å²) in [5.41, 5.74) is 4.87. The Morgan fingerprint density at radius 1 is 1.20 bits per heavy atom. The number of ether oxygens (including phenoxy) is 1. The Balaban J connectivity index is 1.50. The lowest BCUT2D eigenvalue weighted by Crippen LogP contribution is -2.29. The van der Waals surface area contributed by atoms with Gasteiger partial charge in [0, 0.05) is 37.8 Å². The molecule has 132 valence electrons. The number of hydrogen-bond donors (Lipinski definition) is 0. The molecule has 0 aromatic carbocycles. The molecule has 1 aliphatic carbocycles. The monoisotopic (exact) mass is 337 g/mol. The number of imidazole rings is 1. The lowest BCUT2D eigenvalue weighted by molar-refractivity contribution is 0.271. The summed E-state index contributed by atoms with van der Waals surface area (Å²) in [5.74, 6) is 1.06. The fourth-order valence-corrected chi connectivity index (χ4v) is 3.97. The van der Waals surface area contributed by atoms with E-state index < -0.39 is 0 Å². The van der Waals surface area contributed by atoms with E-state index in [0.29, 0.717) is 0 Å². The molecule has 4 rings (SSSR count). The normalized spacial score (nSPS) is 21.4. The van der Waals surface area contributed by atoms with Gasteiger partial charge in [-0.1, -0.05) is 6.08 Å². The number of allylic oxidation sites excluding steroid dienone is 4. The van der Waals surface area contributed by atoms with Crippen LogP contribution < -0.4 is 0 Å². The zero-order valence-corrected chi connectivity index (χ0v) is 15.2. The predicted molar refractivity (Wildman–Crippen MR) is 101 cm³/mol. The second kappa shape index (κ2) is 7.04. The molecule has 4 heteroatoms. The van der Waals surface area contributed by atoms with E-state index in [9.17, 15) is 0 Å². The second-order valence-corrected chi connectivity index (χ2v) is 7.22. The van der Waals surface area contributed by atoms with Gasteiger partial charge in [-0.05, 0) is 62.1 Å². The minimum absolute atomic E-state index is 0.729. The summed E-state index contributed by atoms with van der Waals surface area (Å²) >= 11 is 0. The fraction of sp³-hybridized carbons (Fsp3) is 0.476. The third-order valence-electron chi connectivity index (χ3n) is 5.59. The first kappa shape index (κ1) is 16.4. The first-order valence-corrected chi connectivity index (χ1v) is 9.39. The summed E-state index contributed by atoms with van der Waals surface area (Å²) in [5, 5.41) is 0. The number of methoxy groups -OCH3 is 1. The predicted octanol–water partition coefficient (Wildman–Crippen LogP) is 4.07. The van der Waals surface area contributed by atoms with Crippen LogP contribution in [0.1, 0.15) is 43.9 Å². The smallest absolute Gasteiger partial charge is 0.137 e. The SMILES string of the molecule is COC1=CC=C(c2ccc3nc(CCN4CCC[C@H]4C)cn3c2)CC1. The van der Waals surface area contributed by atoms with E-state index >= 15 is 0 Å². The van der Waals surface area contributed by atoms with Crippen molar-refractivity contribution in [3.63, 3.8) is 0 Å². The van der Waals surface area contributed by atoms with Crippen LogP contribution in [0.2, 0.25) is 0 Å². The third-order valence-corrected chi connectivity index (χ3v) is 5.59. The molecule has 0 N–H and O–H groups in total. The van der Waals surface area contributed by atoms with Crippen LogP contribution in [-0.2, 0) is 11.2 Å². The zero-order valence-electron chi connectivity index (χ0n) is 15.2. The molecule has 2 aromatic heterocycles. The van der Waals surface area contributed by atoms with Crippen LogP contribution in [0.3, 0.4) is 0 Å². The van der Waals surface area contributed by atoms with Crippen molar-refractivity contribution in [1.82, 2.24) is 14.3 Å². The largest absolute Gasteiger partial charge is 0.501 e. The molecule has 1 atom stereocenters. The van der Waals surface area contributed by atoms with Crippen LogP contribution in [0.15, 0.2) is 42.4 Å². The standard InChI is InChI=1S/C21H27N3O/c1-16-4-3-12-23(16)13-11-19-15-24-14-18(7-10-21(24)22-19)17-5-8-20(25-2)9-6-17/h5,7-8,10,14-16H,3-4,6,9,11-13H2,1-2H3/t16-/m1/s1. The average molecular weight is 337 g/mol. The summed E-state index contributed by atoms with van der Waals surface area (Å²) in [6.45, 7) is 4.70. The van der Waals surface area contributed by atoms with Crippen LogP contribution in [0.4, 0.5) is 0 Å². The maximum atomic E-state index is 5.32. The molecule has 1 saturated heterocycles. The van der Waals surface area contributed by atoms with Gasteiger partial charge in [0.2, 0.25) is 0 Å². The fourth-order valence-electron chi connectivity index (χ4n) is 3.97. The van der Waals surface area contributed by atoms with E-state index in [2.05, 4.69) is 52.9 Å². The molecule has 0 amide bonds. The Labute approximate surface area is 149 Å². The van der Waals surface area contributed by atoms with E-state index in [4.69, 9.17) is 9.72 Å². The molecule has 25 heavy (non-hydrogen) atoms.